The highest BCUT2D eigenvalue weighted by Gasteiger charge is 2.13. The fraction of sp³-hybridized carbons (Fsp3) is 0.250. The summed E-state index contributed by atoms with van der Waals surface area (Å²) in [7, 11) is 1.64. The minimum absolute atomic E-state index is 0.00777. The monoisotopic (exact) mass is 259 g/mol. The predicted octanol–water partition coefficient (Wildman–Crippen LogP) is 3.53. The average Bonchev–Trinajstić information content (AvgIpc) is 2.45. The van der Waals surface area contributed by atoms with Crippen LogP contribution in [0.25, 0.3) is 0 Å². The first-order chi connectivity index (χ1) is 9.24. The fourth-order valence-corrected chi connectivity index (χ4v) is 2.11. The van der Waals surface area contributed by atoms with E-state index in [0.717, 1.165) is 23.4 Å². The number of ether oxygens (including phenoxy) is 1. The molecule has 100 valence electrons. The van der Waals surface area contributed by atoms with Crippen LogP contribution in [0.2, 0.25) is 0 Å². The highest BCUT2D eigenvalue weighted by Crippen LogP contribution is 2.24. The molecule has 0 saturated carbocycles. The van der Waals surface area contributed by atoms with Gasteiger partial charge in [0.15, 0.2) is 0 Å². The highest BCUT2D eigenvalue weighted by molar-refractivity contribution is 5.35. The molecule has 2 nitrogen and oxygen atoms in total. The number of benzene rings is 2. The SMILES string of the molecule is CCNC(c1ccc(OC)cc1)c1cccc(F)c1. The Morgan fingerprint density at radius 1 is 1.11 bits per heavy atom. The maximum atomic E-state index is 13.4. The molecule has 2 aromatic carbocycles. The van der Waals surface area contributed by atoms with E-state index in [1.165, 1.54) is 6.07 Å². The van der Waals surface area contributed by atoms with Gasteiger partial charge in [0.05, 0.1) is 13.2 Å². The van der Waals surface area contributed by atoms with Crippen molar-refractivity contribution >= 4 is 0 Å². The van der Waals surface area contributed by atoms with Gasteiger partial charge >= 0.3 is 0 Å². The quantitative estimate of drug-likeness (QED) is 0.887. The standard InChI is InChI=1S/C16H18FNO/c1-3-18-16(13-5-4-6-14(17)11-13)12-7-9-15(19-2)10-8-12/h4-11,16,18H,3H2,1-2H3. The van der Waals surface area contributed by atoms with Gasteiger partial charge in [-0.05, 0) is 41.9 Å². The molecular weight excluding hydrogens is 241 g/mol. The van der Waals surface area contributed by atoms with Crippen LogP contribution in [-0.4, -0.2) is 13.7 Å². The number of halogens is 1. The Bertz CT molecular complexity index is 525. The topological polar surface area (TPSA) is 21.3 Å². The first-order valence-electron chi connectivity index (χ1n) is 6.37. The van der Waals surface area contributed by atoms with Crippen molar-refractivity contribution in [1.82, 2.24) is 5.32 Å². The van der Waals surface area contributed by atoms with Crippen molar-refractivity contribution in [3.63, 3.8) is 0 Å². The number of nitrogens with one attached hydrogen (secondary N) is 1. The van der Waals surface area contributed by atoms with Crippen LogP contribution in [0.15, 0.2) is 48.5 Å². The summed E-state index contributed by atoms with van der Waals surface area (Å²) in [5, 5.41) is 3.37. The Hall–Kier alpha value is -1.87. The molecule has 0 saturated heterocycles. The van der Waals surface area contributed by atoms with Crippen molar-refractivity contribution < 1.29 is 9.13 Å². The maximum Gasteiger partial charge on any atom is 0.123 e. The summed E-state index contributed by atoms with van der Waals surface area (Å²) in [6.45, 7) is 2.85. The third-order valence-corrected chi connectivity index (χ3v) is 3.04. The second-order valence-electron chi connectivity index (χ2n) is 4.32. The van der Waals surface area contributed by atoms with E-state index >= 15 is 0 Å². The minimum Gasteiger partial charge on any atom is -0.497 e. The van der Waals surface area contributed by atoms with E-state index in [1.807, 2.05) is 37.3 Å². The van der Waals surface area contributed by atoms with Gasteiger partial charge in [0.25, 0.3) is 0 Å². The molecule has 0 aliphatic heterocycles. The third-order valence-electron chi connectivity index (χ3n) is 3.04. The summed E-state index contributed by atoms with van der Waals surface area (Å²) in [6.07, 6.45) is 0. The summed E-state index contributed by atoms with van der Waals surface area (Å²) in [6, 6.07) is 14.5. The number of hydrogen-bond acceptors (Lipinski definition) is 2. The van der Waals surface area contributed by atoms with Gasteiger partial charge in [-0.3, -0.25) is 0 Å². The van der Waals surface area contributed by atoms with Gasteiger partial charge in [-0.25, -0.2) is 4.39 Å². The molecule has 19 heavy (non-hydrogen) atoms. The lowest BCUT2D eigenvalue weighted by Crippen LogP contribution is -2.22. The van der Waals surface area contributed by atoms with Crippen LogP contribution in [0.4, 0.5) is 4.39 Å². The molecule has 0 fully saturated rings. The molecule has 0 radical (unpaired) electrons. The summed E-state index contributed by atoms with van der Waals surface area (Å²) in [5.74, 6) is 0.604. The lowest BCUT2D eigenvalue weighted by Gasteiger charge is -2.19. The van der Waals surface area contributed by atoms with Crippen molar-refractivity contribution in [2.45, 2.75) is 13.0 Å². The Morgan fingerprint density at radius 2 is 1.84 bits per heavy atom. The zero-order valence-corrected chi connectivity index (χ0v) is 11.2. The van der Waals surface area contributed by atoms with Crippen molar-refractivity contribution in [3.8, 4) is 5.75 Å². The van der Waals surface area contributed by atoms with Crippen LogP contribution in [0, 0.1) is 5.82 Å². The van der Waals surface area contributed by atoms with Crippen molar-refractivity contribution in [2.75, 3.05) is 13.7 Å². The maximum absolute atomic E-state index is 13.4. The van der Waals surface area contributed by atoms with Gasteiger partial charge in [-0.1, -0.05) is 31.2 Å². The minimum atomic E-state index is -0.214. The van der Waals surface area contributed by atoms with Gasteiger partial charge in [0.1, 0.15) is 11.6 Å². The molecule has 3 heteroatoms. The second kappa shape index (κ2) is 6.34. The van der Waals surface area contributed by atoms with E-state index in [1.54, 1.807) is 19.2 Å². The summed E-state index contributed by atoms with van der Waals surface area (Å²) >= 11 is 0. The molecule has 0 amide bonds. The van der Waals surface area contributed by atoms with Crippen molar-refractivity contribution in [3.05, 3.63) is 65.5 Å². The van der Waals surface area contributed by atoms with E-state index < -0.39 is 0 Å². The lowest BCUT2D eigenvalue weighted by atomic mass is 9.98. The van der Waals surface area contributed by atoms with Crippen LogP contribution in [0.1, 0.15) is 24.1 Å². The highest BCUT2D eigenvalue weighted by atomic mass is 19.1. The fourth-order valence-electron chi connectivity index (χ4n) is 2.11. The summed E-state index contributed by atoms with van der Waals surface area (Å²) < 4.78 is 18.5. The van der Waals surface area contributed by atoms with Crippen molar-refractivity contribution in [1.29, 1.82) is 0 Å². The Balaban J connectivity index is 2.33. The molecule has 0 bridgehead atoms. The Morgan fingerprint density at radius 3 is 2.42 bits per heavy atom. The molecular formula is C16H18FNO. The second-order valence-corrected chi connectivity index (χ2v) is 4.32. The molecule has 0 spiro atoms. The molecule has 0 aromatic heterocycles. The van der Waals surface area contributed by atoms with Crippen LogP contribution >= 0.6 is 0 Å². The van der Waals surface area contributed by atoms with Gasteiger partial charge in [0.2, 0.25) is 0 Å². The largest absolute Gasteiger partial charge is 0.497 e. The van der Waals surface area contributed by atoms with Gasteiger partial charge in [-0.2, -0.15) is 0 Å². The van der Waals surface area contributed by atoms with E-state index in [9.17, 15) is 4.39 Å². The third kappa shape index (κ3) is 3.32. The van der Waals surface area contributed by atoms with E-state index in [4.69, 9.17) is 4.74 Å². The van der Waals surface area contributed by atoms with E-state index in [0.29, 0.717) is 0 Å². The normalized spacial score (nSPS) is 12.2. The van der Waals surface area contributed by atoms with E-state index in [2.05, 4.69) is 5.32 Å². The van der Waals surface area contributed by atoms with Gasteiger partial charge in [-0.15, -0.1) is 0 Å². The summed E-state index contributed by atoms with van der Waals surface area (Å²) in [5.41, 5.74) is 2.01. The predicted molar refractivity (Wildman–Crippen MR) is 74.9 cm³/mol. The molecule has 1 N–H and O–H groups in total. The molecule has 1 unspecified atom stereocenters. The molecule has 0 heterocycles. The molecule has 0 aliphatic rings. The number of rotatable bonds is 5. The number of hydrogen-bond donors (Lipinski definition) is 1. The van der Waals surface area contributed by atoms with Crippen LogP contribution in [0.3, 0.4) is 0 Å². The smallest absolute Gasteiger partial charge is 0.123 e. The zero-order valence-electron chi connectivity index (χ0n) is 11.2. The van der Waals surface area contributed by atoms with E-state index in [-0.39, 0.29) is 11.9 Å². The Labute approximate surface area is 113 Å². The molecule has 2 rings (SSSR count). The first kappa shape index (κ1) is 13.6. The lowest BCUT2D eigenvalue weighted by molar-refractivity contribution is 0.414. The van der Waals surface area contributed by atoms with Crippen molar-refractivity contribution in [2.24, 2.45) is 0 Å². The van der Waals surface area contributed by atoms with Gasteiger partial charge < -0.3 is 10.1 Å². The zero-order chi connectivity index (χ0) is 13.7. The average molecular weight is 259 g/mol. The van der Waals surface area contributed by atoms with Crippen LogP contribution in [0.5, 0.6) is 5.75 Å². The van der Waals surface area contributed by atoms with Crippen LogP contribution in [-0.2, 0) is 0 Å². The Kier molecular flexibility index (Phi) is 4.53. The molecule has 2 aromatic rings. The van der Waals surface area contributed by atoms with Crippen LogP contribution < -0.4 is 10.1 Å². The molecule has 1 atom stereocenters. The first-order valence-corrected chi connectivity index (χ1v) is 6.37. The van der Waals surface area contributed by atoms with Gasteiger partial charge in [0, 0.05) is 0 Å². The molecule has 0 aliphatic carbocycles. The number of methoxy groups -OCH3 is 1. The summed E-state index contributed by atoms with van der Waals surface area (Å²) in [4.78, 5) is 0.